The molecule has 106 valence electrons. The summed E-state index contributed by atoms with van der Waals surface area (Å²) in [7, 11) is 0. The molecule has 20 heavy (non-hydrogen) atoms. The highest BCUT2D eigenvalue weighted by Crippen LogP contribution is 2.26. The van der Waals surface area contributed by atoms with E-state index < -0.39 is 0 Å². The molecule has 1 heterocycles. The highest BCUT2D eigenvalue weighted by molar-refractivity contribution is 7.80. The minimum absolute atomic E-state index is 0.457. The van der Waals surface area contributed by atoms with Gasteiger partial charge in [0.2, 0.25) is 0 Å². The Morgan fingerprint density at radius 3 is 2.70 bits per heavy atom. The molecule has 3 rings (SSSR count). The first-order valence-electron chi connectivity index (χ1n) is 7.50. The number of aryl methyl sites for hydroxylation is 2. The van der Waals surface area contributed by atoms with E-state index in [1.54, 1.807) is 0 Å². The lowest BCUT2D eigenvalue weighted by Crippen LogP contribution is -2.16. The van der Waals surface area contributed by atoms with Crippen LogP contribution in [0.15, 0.2) is 30.3 Å². The summed E-state index contributed by atoms with van der Waals surface area (Å²) in [5, 5.41) is 0. The van der Waals surface area contributed by atoms with E-state index in [9.17, 15) is 0 Å². The molecule has 1 aromatic heterocycles. The number of thiol groups is 1. The lowest BCUT2D eigenvalue weighted by molar-refractivity contribution is 0.550. The maximum absolute atomic E-state index is 4.77. The second kappa shape index (κ2) is 6.04. The van der Waals surface area contributed by atoms with Crippen LogP contribution in [-0.4, -0.2) is 15.3 Å². The Morgan fingerprint density at radius 2 is 1.95 bits per heavy atom. The van der Waals surface area contributed by atoms with Crippen molar-refractivity contribution in [3.8, 4) is 0 Å². The first-order valence-corrected chi connectivity index (χ1v) is 8.13. The van der Waals surface area contributed by atoms with E-state index in [4.69, 9.17) is 4.98 Å². The van der Waals surface area contributed by atoms with E-state index in [0.29, 0.717) is 5.92 Å². The van der Waals surface area contributed by atoms with Gasteiger partial charge in [0, 0.05) is 18.2 Å². The number of fused-ring (bicyclic) bond motifs is 1. The topological polar surface area (TPSA) is 17.8 Å². The van der Waals surface area contributed by atoms with Gasteiger partial charge in [-0.3, -0.25) is 0 Å². The minimum atomic E-state index is 0.457. The van der Waals surface area contributed by atoms with E-state index in [-0.39, 0.29) is 0 Å². The highest BCUT2D eigenvalue weighted by atomic mass is 32.1. The summed E-state index contributed by atoms with van der Waals surface area (Å²) in [6.45, 7) is 3.14. The van der Waals surface area contributed by atoms with E-state index in [0.717, 1.165) is 18.7 Å². The zero-order chi connectivity index (χ0) is 13.9. The van der Waals surface area contributed by atoms with Crippen molar-refractivity contribution in [2.75, 3.05) is 5.75 Å². The zero-order valence-corrected chi connectivity index (χ0v) is 12.9. The Kier molecular flexibility index (Phi) is 4.16. The van der Waals surface area contributed by atoms with Gasteiger partial charge in [0.1, 0.15) is 5.82 Å². The first-order chi connectivity index (χ1) is 9.79. The molecule has 0 aliphatic heterocycles. The molecule has 1 aliphatic carbocycles. The zero-order valence-electron chi connectivity index (χ0n) is 12.0. The fourth-order valence-corrected chi connectivity index (χ4v) is 3.52. The molecule has 3 heteroatoms. The Labute approximate surface area is 126 Å². The van der Waals surface area contributed by atoms with Crippen LogP contribution in [0.5, 0.6) is 0 Å². The van der Waals surface area contributed by atoms with Crippen molar-refractivity contribution in [3.05, 3.63) is 53.1 Å². The fourth-order valence-electron chi connectivity index (χ4n) is 3.19. The smallest absolute Gasteiger partial charge is 0.106 e. The van der Waals surface area contributed by atoms with Gasteiger partial charge in [-0.25, -0.2) is 4.98 Å². The second-order valence-corrected chi connectivity index (χ2v) is 6.03. The summed E-state index contributed by atoms with van der Waals surface area (Å²) in [5.74, 6) is 2.49. The third-order valence-electron chi connectivity index (χ3n) is 4.32. The number of hydrogen-bond acceptors (Lipinski definition) is 2. The summed E-state index contributed by atoms with van der Waals surface area (Å²) in [4.78, 5) is 4.77. The van der Waals surface area contributed by atoms with Crippen molar-refractivity contribution in [1.82, 2.24) is 9.55 Å². The number of hydrogen-bond donors (Lipinski definition) is 1. The van der Waals surface area contributed by atoms with Crippen LogP contribution in [0.1, 0.15) is 41.5 Å². The van der Waals surface area contributed by atoms with Crippen LogP contribution in [0.2, 0.25) is 0 Å². The van der Waals surface area contributed by atoms with Crippen molar-refractivity contribution >= 4 is 12.6 Å². The molecular formula is C17H22N2S. The normalized spacial score (nSPS) is 15.9. The molecule has 0 saturated carbocycles. The van der Waals surface area contributed by atoms with E-state index in [2.05, 4.69) is 54.5 Å². The van der Waals surface area contributed by atoms with Gasteiger partial charge in [0.05, 0.1) is 5.69 Å². The SMILES string of the molecule is Cc1nc2c(n1CC(CS)c1ccccc1)CCCC2. The van der Waals surface area contributed by atoms with Crippen molar-refractivity contribution < 1.29 is 0 Å². The van der Waals surface area contributed by atoms with Gasteiger partial charge in [0.25, 0.3) is 0 Å². The van der Waals surface area contributed by atoms with Crippen molar-refractivity contribution in [3.63, 3.8) is 0 Å². The third kappa shape index (κ3) is 2.64. The van der Waals surface area contributed by atoms with Gasteiger partial charge in [-0.15, -0.1) is 0 Å². The summed E-state index contributed by atoms with van der Waals surface area (Å²) >= 11 is 4.56. The molecule has 0 amide bonds. The van der Waals surface area contributed by atoms with Crippen LogP contribution < -0.4 is 0 Å². The van der Waals surface area contributed by atoms with E-state index in [1.165, 1.54) is 42.0 Å². The van der Waals surface area contributed by atoms with Gasteiger partial charge in [-0.05, 0) is 43.9 Å². The Balaban J connectivity index is 1.88. The monoisotopic (exact) mass is 286 g/mol. The molecule has 2 aromatic rings. The summed E-state index contributed by atoms with van der Waals surface area (Å²) < 4.78 is 2.43. The Hall–Kier alpha value is -1.22. The number of rotatable bonds is 4. The number of nitrogens with zero attached hydrogens (tertiary/aromatic N) is 2. The van der Waals surface area contributed by atoms with Gasteiger partial charge >= 0.3 is 0 Å². The lowest BCUT2D eigenvalue weighted by Gasteiger charge is -2.20. The van der Waals surface area contributed by atoms with Gasteiger partial charge in [0.15, 0.2) is 0 Å². The largest absolute Gasteiger partial charge is 0.331 e. The molecule has 0 saturated heterocycles. The van der Waals surface area contributed by atoms with Crippen molar-refractivity contribution in [2.24, 2.45) is 0 Å². The van der Waals surface area contributed by atoms with Gasteiger partial charge in [-0.2, -0.15) is 12.6 Å². The molecule has 0 fully saturated rings. The molecule has 0 bridgehead atoms. The van der Waals surface area contributed by atoms with Gasteiger partial charge in [-0.1, -0.05) is 30.3 Å². The van der Waals surface area contributed by atoms with Crippen LogP contribution in [0.3, 0.4) is 0 Å². The number of imidazole rings is 1. The van der Waals surface area contributed by atoms with Crippen LogP contribution >= 0.6 is 12.6 Å². The molecule has 1 atom stereocenters. The van der Waals surface area contributed by atoms with Crippen LogP contribution in [0.4, 0.5) is 0 Å². The maximum Gasteiger partial charge on any atom is 0.106 e. The molecule has 1 unspecified atom stereocenters. The van der Waals surface area contributed by atoms with Crippen LogP contribution in [0, 0.1) is 6.92 Å². The second-order valence-electron chi connectivity index (χ2n) is 5.66. The van der Waals surface area contributed by atoms with E-state index in [1.807, 2.05) is 0 Å². The summed E-state index contributed by atoms with van der Waals surface area (Å²) in [6.07, 6.45) is 4.93. The van der Waals surface area contributed by atoms with Crippen molar-refractivity contribution in [1.29, 1.82) is 0 Å². The van der Waals surface area contributed by atoms with Gasteiger partial charge < -0.3 is 4.57 Å². The average molecular weight is 286 g/mol. The Morgan fingerprint density at radius 1 is 1.20 bits per heavy atom. The predicted octanol–water partition coefficient (Wildman–Crippen LogP) is 3.78. The van der Waals surface area contributed by atoms with E-state index >= 15 is 0 Å². The minimum Gasteiger partial charge on any atom is -0.331 e. The predicted molar refractivity (Wildman–Crippen MR) is 86.6 cm³/mol. The standard InChI is InChI=1S/C17H22N2S/c1-13-18-16-9-5-6-10-17(16)19(13)11-15(12-20)14-7-3-2-4-8-14/h2-4,7-8,15,20H,5-6,9-12H2,1H3. The number of aromatic nitrogens is 2. The summed E-state index contributed by atoms with van der Waals surface area (Å²) in [5.41, 5.74) is 4.18. The average Bonchev–Trinajstić information content (AvgIpc) is 2.81. The summed E-state index contributed by atoms with van der Waals surface area (Å²) in [6, 6.07) is 10.7. The quantitative estimate of drug-likeness (QED) is 0.847. The van der Waals surface area contributed by atoms with Crippen molar-refractivity contribution in [2.45, 2.75) is 45.1 Å². The molecule has 0 spiro atoms. The first kappa shape index (κ1) is 13.7. The fraction of sp³-hybridized carbons (Fsp3) is 0.471. The molecule has 0 radical (unpaired) electrons. The molecular weight excluding hydrogens is 264 g/mol. The molecule has 1 aromatic carbocycles. The number of benzene rings is 1. The third-order valence-corrected chi connectivity index (χ3v) is 4.76. The van der Waals surface area contributed by atoms with Crippen LogP contribution in [-0.2, 0) is 19.4 Å². The molecule has 1 aliphatic rings. The van der Waals surface area contributed by atoms with Crippen LogP contribution in [0.25, 0.3) is 0 Å². The highest BCUT2D eigenvalue weighted by Gasteiger charge is 2.20. The molecule has 2 nitrogen and oxygen atoms in total. The lowest BCUT2D eigenvalue weighted by atomic mass is 9.99. The Bertz CT molecular complexity index is 574. The molecule has 0 N–H and O–H groups in total. The maximum atomic E-state index is 4.77.